The molecule has 3 heterocycles. The molecular formula is C10H16Cl2N6O4. The summed E-state index contributed by atoms with van der Waals surface area (Å²) in [7, 11) is 0. The Morgan fingerprint density at radius 2 is 2.14 bits per heavy atom. The summed E-state index contributed by atoms with van der Waals surface area (Å²) in [6, 6.07) is -0.688. The van der Waals surface area contributed by atoms with Crippen LogP contribution in [0.4, 0.5) is 5.82 Å². The van der Waals surface area contributed by atoms with Crippen LogP contribution in [0.15, 0.2) is 12.7 Å². The SMILES string of the molecule is Nc1ncnc2c1[nH]c[n+]2[C@@H]1O[C@H](CO)[C@@H](O)[C@H]1[NH2+]O.[Cl-].[Cl-]. The molecule has 0 spiro atoms. The molecule has 1 fully saturated rings. The molecule has 2 aromatic rings. The lowest BCUT2D eigenvalue weighted by Crippen LogP contribution is -3.00. The standard InChI is InChI=1S/C10H14N6O4.2ClH/c11-8-6-9(13-2-12-8)16(3-14-6)10-5(15-19)7(18)4(1-17)20-10;;/h2-5,7,10,15,17-19H,1H2,(H2,11,12,13);2*1H/t4-,5-,7-,10-;;/m1../s1. The zero-order valence-corrected chi connectivity index (χ0v) is 12.7. The lowest BCUT2D eigenvalue weighted by Gasteiger charge is -2.12. The first-order valence-electron chi connectivity index (χ1n) is 6.08. The molecule has 0 aliphatic carbocycles. The number of hydrogen-bond acceptors (Lipinski definition) is 7. The van der Waals surface area contributed by atoms with Gasteiger partial charge in [-0.3, -0.25) is 4.98 Å². The van der Waals surface area contributed by atoms with Gasteiger partial charge in [-0.1, -0.05) is 4.98 Å². The second-order valence-electron chi connectivity index (χ2n) is 4.60. The van der Waals surface area contributed by atoms with E-state index in [0.29, 0.717) is 11.2 Å². The quantitative estimate of drug-likeness (QED) is 0.236. The van der Waals surface area contributed by atoms with Crippen molar-refractivity contribution in [3.05, 3.63) is 12.7 Å². The number of hydroxylamine groups is 1. The molecule has 1 saturated heterocycles. The summed E-state index contributed by atoms with van der Waals surface area (Å²) in [5.41, 5.74) is 7.62. The molecule has 22 heavy (non-hydrogen) atoms. The van der Waals surface area contributed by atoms with E-state index < -0.39 is 24.5 Å². The first kappa shape index (κ1) is 18.8. The van der Waals surface area contributed by atoms with Gasteiger partial charge < -0.3 is 45.5 Å². The van der Waals surface area contributed by atoms with E-state index in [1.165, 1.54) is 6.33 Å². The van der Waals surface area contributed by atoms with Gasteiger partial charge in [-0.25, -0.2) is 5.21 Å². The van der Waals surface area contributed by atoms with E-state index in [1.54, 1.807) is 10.9 Å². The molecule has 0 saturated carbocycles. The molecule has 10 nitrogen and oxygen atoms in total. The molecule has 2 aromatic heterocycles. The van der Waals surface area contributed by atoms with Gasteiger partial charge in [0.1, 0.15) is 12.2 Å². The molecule has 0 bridgehead atoms. The average molecular weight is 355 g/mol. The Hall–Kier alpha value is -1.27. The summed E-state index contributed by atoms with van der Waals surface area (Å²) in [6.07, 6.45) is 0.407. The Labute approximate surface area is 137 Å². The van der Waals surface area contributed by atoms with Crippen LogP contribution in [0.5, 0.6) is 0 Å². The Morgan fingerprint density at radius 1 is 1.41 bits per heavy atom. The number of fused-ring (bicyclic) bond motifs is 1. The lowest BCUT2D eigenvalue weighted by molar-refractivity contribution is -0.940. The number of quaternary nitrogens is 1. The number of imidazole rings is 1. The number of H-pyrrole nitrogens is 1. The number of hydrogen-bond donors (Lipinski definition) is 6. The van der Waals surface area contributed by atoms with Crippen LogP contribution in [0.2, 0.25) is 0 Å². The minimum atomic E-state index is -1.01. The van der Waals surface area contributed by atoms with Gasteiger partial charge in [0.25, 0.3) is 0 Å². The fraction of sp³-hybridized carbons (Fsp3) is 0.500. The van der Waals surface area contributed by atoms with Gasteiger partial charge in [-0.2, -0.15) is 15.0 Å². The van der Waals surface area contributed by atoms with Crippen molar-refractivity contribution in [3.63, 3.8) is 0 Å². The van der Waals surface area contributed by atoms with Crippen LogP contribution in [-0.2, 0) is 4.74 Å². The fourth-order valence-electron chi connectivity index (χ4n) is 2.44. The molecular weight excluding hydrogens is 339 g/mol. The summed E-state index contributed by atoms with van der Waals surface area (Å²) in [6.45, 7) is -0.345. The van der Waals surface area contributed by atoms with Crippen LogP contribution >= 0.6 is 0 Å². The maximum Gasteiger partial charge on any atom is 0.309 e. The third-order valence-electron chi connectivity index (χ3n) is 3.49. The highest BCUT2D eigenvalue weighted by atomic mass is 35.5. The zero-order valence-electron chi connectivity index (χ0n) is 11.2. The molecule has 3 rings (SSSR count). The van der Waals surface area contributed by atoms with Crippen molar-refractivity contribution in [3.8, 4) is 0 Å². The van der Waals surface area contributed by atoms with Crippen LogP contribution in [-0.4, -0.2) is 55.2 Å². The van der Waals surface area contributed by atoms with Gasteiger partial charge in [0.15, 0.2) is 18.5 Å². The van der Waals surface area contributed by atoms with E-state index in [-0.39, 0.29) is 37.2 Å². The van der Waals surface area contributed by atoms with Gasteiger partial charge in [0, 0.05) is 0 Å². The van der Waals surface area contributed by atoms with Gasteiger partial charge in [-0.15, -0.1) is 0 Å². The van der Waals surface area contributed by atoms with Crippen LogP contribution in [0.25, 0.3) is 11.2 Å². The van der Waals surface area contributed by atoms with Crippen molar-refractivity contribution in [2.24, 2.45) is 0 Å². The average Bonchev–Trinajstić information content (AvgIpc) is 3.00. The zero-order chi connectivity index (χ0) is 14.3. The maximum atomic E-state index is 9.99. The third-order valence-corrected chi connectivity index (χ3v) is 3.49. The van der Waals surface area contributed by atoms with Crippen LogP contribution < -0.4 is 40.6 Å². The Bertz CT molecular complexity index is 628. The molecule has 1 aliphatic heterocycles. The largest absolute Gasteiger partial charge is 1.00 e. The molecule has 0 amide bonds. The first-order chi connectivity index (χ1) is 9.67. The smallest absolute Gasteiger partial charge is 0.309 e. The van der Waals surface area contributed by atoms with Crippen LogP contribution in [0.1, 0.15) is 6.23 Å². The molecule has 0 aromatic carbocycles. The summed E-state index contributed by atoms with van der Waals surface area (Å²) >= 11 is 0. The van der Waals surface area contributed by atoms with Crippen molar-refractivity contribution in [1.82, 2.24) is 15.0 Å². The Morgan fingerprint density at radius 3 is 2.77 bits per heavy atom. The molecule has 12 heteroatoms. The third kappa shape index (κ3) is 2.82. The Balaban J connectivity index is 0.00000121. The van der Waals surface area contributed by atoms with Crippen LogP contribution in [0, 0.1) is 0 Å². The highest BCUT2D eigenvalue weighted by Gasteiger charge is 2.50. The molecule has 4 atom stereocenters. The number of nitrogen functional groups attached to an aromatic ring is 1. The van der Waals surface area contributed by atoms with Crippen molar-refractivity contribution in [2.45, 2.75) is 24.5 Å². The number of aliphatic hydroxyl groups excluding tert-OH is 2. The summed E-state index contributed by atoms with van der Waals surface area (Å²) in [5.74, 6) is 0.288. The van der Waals surface area contributed by atoms with Crippen molar-refractivity contribution < 1.29 is 55.0 Å². The molecule has 1 aliphatic rings. The van der Waals surface area contributed by atoms with E-state index in [9.17, 15) is 15.4 Å². The Kier molecular flexibility index (Phi) is 6.26. The van der Waals surface area contributed by atoms with Gasteiger partial charge >= 0.3 is 5.65 Å². The number of ether oxygens (including phenoxy) is 1. The molecule has 0 radical (unpaired) electrons. The number of aliphatic hydroxyl groups is 2. The van der Waals surface area contributed by atoms with E-state index >= 15 is 0 Å². The van der Waals surface area contributed by atoms with E-state index in [4.69, 9.17) is 10.5 Å². The minimum absolute atomic E-state index is 0. The topological polar surface area (TPSA) is 158 Å². The number of nitrogens with one attached hydrogen (secondary N) is 1. The summed E-state index contributed by atoms with van der Waals surface area (Å²) < 4.78 is 7.17. The van der Waals surface area contributed by atoms with Crippen molar-refractivity contribution in [2.75, 3.05) is 12.3 Å². The van der Waals surface area contributed by atoms with Crippen molar-refractivity contribution in [1.29, 1.82) is 0 Å². The van der Waals surface area contributed by atoms with Gasteiger partial charge in [0.2, 0.25) is 17.8 Å². The van der Waals surface area contributed by atoms with Gasteiger partial charge in [0.05, 0.1) is 6.61 Å². The van der Waals surface area contributed by atoms with Crippen molar-refractivity contribution >= 4 is 17.0 Å². The maximum absolute atomic E-state index is 9.99. The highest BCUT2D eigenvalue weighted by molar-refractivity contribution is 5.77. The van der Waals surface area contributed by atoms with E-state index in [0.717, 1.165) is 5.48 Å². The molecule has 8 N–H and O–H groups in total. The number of nitrogens with zero attached hydrogens (tertiary/aromatic N) is 3. The lowest BCUT2D eigenvalue weighted by atomic mass is 10.1. The van der Waals surface area contributed by atoms with E-state index in [1.807, 2.05) is 0 Å². The molecule has 124 valence electrons. The normalized spacial score (nSPS) is 27.4. The highest BCUT2D eigenvalue weighted by Crippen LogP contribution is 2.24. The fourth-order valence-corrected chi connectivity index (χ4v) is 2.44. The number of aromatic amines is 1. The summed E-state index contributed by atoms with van der Waals surface area (Å²) in [4.78, 5) is 10.9. The second-order valence-corrected chi connectivity index (χ2v) is 4.60. The number of anilines is 1. The predicted octanol–water partition coefficient (Wildman–Crippen LogP) is -9.59. The van der Waals surface area contributed by atoms with E-state index in [2.05, 4.69) is 15.0 Å². The monoisotopic (exact) mass is 354 g/mol. The minimum Gasteiger partial charge on any atom is -1.00 e. The molecule has 0 unspecified atom stereocenters. The van der Waals surface area contributed by atoms with Gasteiger partial charge in [-0.05, 0) is 0 Å². The first-order valence-corrected chi connectivity index (χ1v) is 6.08. The predicted molar refractivity (Wildman–Crippen MR) is 63.0 cm³/mol. The second kappa shape index (κ2) is 7.33. The number of nitrogens with two attached hydrogens (primary N) is 2. The number of aromatic nitrogens is 4. The van der Waals surface area contributed by atoms with Crippen LogP contribution in [0.3, 0.4) is 0 Å². The number of halogens is 2. The number of rotatable bonds is 3. The summed E-state index contributed by atoms with van der Waals surface area (Å²) in [5, 5.41) is 28.5.